The van der Waals surface area contributed by atoms with Crippen LogP contribution < -0.4 is 5.32 Å². The van der Waals surface area contributed by atoms with Gasteiger partial charge in [0.25, 0.3) is 0 Å². The molecule has 3 rings (SSSR count). The number of hydrogen-bond donors (Lipinski definition) is 1. The van der Waals surface area contributed by atoms with Crippen molar-refractivity contribution in [2.24, 2.45) is 0 Å². The maximum Gasteiger partial charge on any atom is 0.126 e. The number of hydrogen-bond acceptors (Lipinski definition) is 4. The predicted molar refractivity (Wildman–Crippen MR) is 76.9 cm³/mol. The highest BCUT2D eigenvalue weighted by Crippen LogP contribution is 2.31. The van der Waals surface area contributed by atoms with Crippen molar-refractivity contribution in [3.05, 3.63) is 45.5 Å². The zero-order chi connectivity index (χ0) is 13.1. The largest absolute Gasteiger partial charge is 0.467 e. The van der Waals surface area contributed by atoms with Crippen molar-refractivity contribution < 1.29 is 9.15 Å². The smallest absolute Gasteiger partial charge is 0.126 e. The highest BCUT2D eigenvalue weighted by atomic mass is 35.5. The van der Waals surface area contributed by atoms with E-state index >= 15 is 0 Å². The Kier molecular flexibility index (Phi) is 4.23. The normalized spacial score (nSPS) is 20.8. The molecule has 3 heterocycles. The molecule has 2 aromatic rings. The molecular weight excluding hydrogens is 282 g/mol. The maximum atomic E-state index is 6.03. The summed E-state index contributed by atoms with van der Waals surface area (Å²) in [4.78, 5) is 1.16. The Morgan fingerprint density at radius 3 is 3.00 bits per heavy atom. The Hall–Kier alpha value is -0.810. The van der Waals surface area contributed by atoms with E-state index < -0.39 is 0 Å². The van der Waals surface area contributed by atoms with E-state index in [1.807, 2.05) is 24.3 Å². The van der Waals surface area contributed by atoms with Crippen molar-refractivity contribution in [2.75, 3.05) is 13.2 Å². The molecule has 0 bridgehead atoms. The molecule has 5 heteroatoms. The Balaban J connectivity index is 1.73. The Morgan fingerprint density at radius 2 is 2.37 bits per heavy atom. The molecular formula is C14H16ClNO2S. The molecule has 0 aromatic carbocycles. The van der Waals surface area contributed by atoms with Crippen LogP contribution in [0.15, 0.2) is 34.9 Å². The number of rotatable bonds is 5. The van der Waals surface area contributed by atoms with Crippen LogP contribution in [0.1, 0.15) is 29.5 Å². The van der Waals surface area contributed by atoms with Crippen LogP contribution in [0, 0.1) is 0 Å². The standard InChI is InChI=1S/C14H16ClNO2S/c15-13-6-5-12(19-13)14(11-4-2-8-18-11)16-9-10-3-1-7-17-10/h2,4-6,8,10,14,16H,1,3,7,9H2. The van der Waals surface area contributed by atoms with Gasteiger partial charge in [-0.15, -0.1) is 11.3 Å². The van der Waals surface area contributed by atoms with Gasteiger partial charge in [-0.3, -0.25) is 0 Å². The number of nitrogens with one attached hydrogen (secondary N) is 1. The van der Waals surface area contributed by atoms with Crippen molar-refractivity contribution >= 4 is 22.9 Å². The summed E-state index contributed by atoms with van der Waals surface area (Å²) in [6.07, 6.45) is 4.30. The minimum Gasteiger partial charge on any atom is -0.467 e. The van der Waals surface area contributed by atoms with Crippen LogP contribution in [0.2, 0.25) is 4.34 Å². The highest BCUT2D eigenvalue weighted by molar-refractivity contribution is 7.16. The number of furan rings is 1. The van der Waals surface area contributed by atoms with Crippen LogP contribution in [0.3, 0.4) is 0 Å². The van der Waals surface area contributed by atoms with E-state index in [1.165, 1.54) is 0 Å². The summed E-state index contributed by atoms with van der Waals surface area (Å²) in [7, 11) is 0. The molecule has 0 spiro atoms. The monoisotopic (exact) mass is 297 g/mol. The first-order chi connectivity index (χ1) is 9.33. The van der Waals surface area contributed by atoms with Gasteiger partial charge in [-0.1, -0.05) is 11.6 Å². The van der Waals surface area contributed by atoms with Crippen LogP contribution in [-0.2, 0) is 4.74 Å². The number of ether oxygens (including phenoxy) is 1. The third-order valence-corrected chi connectivity index (χ3v) is 4.58. The van der Waals surface area contributed by atoms with Crippen molar-refractivity contribution in [2.45, 2.75) is 25.0 Å². The van der Waals surface area contributed by atoms with Crippen LogP contribution in [0.25, 0.3) is 0 Å². The third kappa shape index (κ3) is 3.20. The van der Waals surface area contributed by atoms with Crippen molar-refractivity contribution in [1.82, 2.24) is 5.32 Å². The van der Waals surface area contributed by atoms with E-state index in [9.17, 15) is 0 Å². The topological polar surface area (TPSA) is 34.4 Å². The summed E-state index contributed by atoms with van der Waals surface area (Å²) >= 11 is 7.61. The SMILES string of the molecule is Clc1ccc(C(NCC2CCCO2)c2ccco2)s1. The maximum absolute atomic E-state index is 6.03. The highest BCUT2D eigenvalue weighted by Gasteiger charge is 2.22. The van der Waals surface area contributed by atoms with Crippen LogP contribution in [0.5, 0.6) is 0 Å². The molecule has 1 fully saturated rings. The summed E-state index contributed by atoms with van der Waals surface area (Å²) in [6, 6.07) is 7.91. The fraction of sp³-hybridized carbons (Fsp3) is 0.429. The number of halogens is 1. The summed E-state index contributed by atoms with van der Waals surface area (Å²) < 4.78 is 12.0. The van der Waals surface area contributed by atoms with Crippen LogP contribution in [-0.4, -0.2) is 19.3 Å². The minimum atomic E-state index is 0.0525. The second-order valence-electron chi connectivity index (χ2n) is 4.63. The van der Waals surface area contributed by atoms with Crippen LogP contribution in [0.4, 0.5) is 0 Å². The molecule has 0 aliphatic carbocycles. The van der Waals surface area contributed by atoms with E-state index in [4.69, 9.17) is 20.8 Å². The first kappa shape index (κ1) is 13.2. The summed E-state index contributed by atoms with van der Waals surface area (Å²) in [5.74, 6) is 0.913. The van der Waals surface area contributed by atoms with Gasteiger partial charge in [0, 0.05) is 18.0 Å². The molecule has 1 aliphatic heterocycles. The second-order valence-corrected chi connectivity index (χ2v) is 6.38. The third-order valence-electron chi connectivity index (χ3n) is 3.28. The quantitative estimate of drug-likeness (QED) is 0.910. The first-order valence-corrected chi connectivity index (χ1v) is 7.66. The summed E-state index contributed by atoms with van der Waals surface area (Å²) in [5.41, 5.74) is 0. The van der Waals surface area contributed by atoms with Crippen molar-refractivity contribution in [3.63, 3.8) is 0 Å². The summed E-state index contributed by atoms with van der Waals surface area (Å²) in [6.45, 7) is 1.71. The lowest BCUT2D eigenvalue weighted by Gasteiger charge is -2.18. The number of thiophene rings is 1. The Morgan fingerprint density at radius 1 is 1.42 bits per heavy atom. The predicted octanol–water partition coefficient (Wildman–Crippen LogP) is 3.85. The lowest BCUT2D eigenvalue weighted by atomic mass is 10.1. The van der Waals surface area contributed by atoms with Crippen LogP contribution >= 0.6 is 22.9 Å². The Labute approximate surface area is 121 Å². The molecule has 102 valence electrons. The van der Waals surface area contributed by atoms with Gasteiger partial charge in [-0.05, 0) is 37.1 Å². The molecule has 0 amide bonds. The van der Waals surface area contributed by atoms with Gasteiger partial charge in [0.05, 0.1) is 16.7 Å². The average Bonchev–Trinajstić information content (AvgIpc) is 3.11. The van der Waals surface area contributed by atoms with Gasteiger partial charge in [-0.2, -0.15) is 0 Å². The van der Waals surface area contributed by atoms with Gasteiger partial charge in [-0.25, -0.2) is 0 Å². The van der Waals surface area contributed by atoms with Crippen molar-refractivity contribution in [1.29, 1.82) is 0 Å². The molecule has 1 N–H and O–H groups in total. The molecule has 19 heavy (non-hydrogen) atoms. The molecule has 1 aliphatic rings. The van der Waals surface area contributed by atoms with E-state index in [1.54, 1.807) is 17.6 Å². The fourth-order valence-corrected chi connectivity index (χ4v) is 3.48. The molecule has 2 aromatic heterocycles. The first-order valence-electron chi connectivity index (χ1n) is 6.46. The Bertz CT molecular complexity index is 505. The molecule has 3 nitrogen and oxygen atoms in total. The lowest BCUT2D eigenvalue weighted by molar-refractivity contribution is 0.108. The molecule has 2 unspecified atom stereocenters. The van der Waals surface area contributed by atoms with E-state index in [0.29, 0.717) is 6.10 Å². The van der Waals surface area contributed by atoms with Crippen molar-refractivity contribution in [3.8, 4) is 0 Å². The zero-order valence-electron chi connectivity index (χ0n) is 10.5. The molecule has 2 atom stereocenters. The minimum absolute atomic E-state index is 0.0525. The average molecular weight is 298 g/mol. The second kappa shape index (κ2) is 6.09. The molecule has 0 radical (unpaired) electrons. The van der Waals surface area contributed by atoms with Gasteiger partial charge >= 0.3 is 0 Å². The van der Waals surface area contributed by atoms with E-state index in [-0.39, 0.29) is 6.04 Å². The van der Waals surface area contributed by atoms with E-state index in [2.05, 4.69) is 5.32 Å². The fourth-order valence-electron chi connectivity index (χ4n) is 2.33. The molecule has 0 saturated carbocycles. The molecule has 1 saturated heterocycles. The van der Waals surface area contributed by atoms with Gasteiger partial charge in [0.15, 0.2) is 0 Å². The van der Waals surface area contributed by atoms with Gasteiger partial charge in [0.2, 0.25) is 0 Å². The van der Waals surface area contributed by atoms with E-state index in [0.717, 1.165) is 41.0 Å². The van der Waals surface area contributed by atoms with Gasteiger partial charge in [0.1, 0.15) is 11.8 Å². The zero-order valence-corrected chi connectivity index (χ0v) is 12.0. The van der Waals surface area contributed by atoms with Gasteiger partial charge < -0.3 is 14.5 Å². The summed E-state index contributed by atoms with van der Waals surface area (Å²) in [5, 5.41) is 3.53. The lowest BCUT2D eigenvalue weighted by Crippen LogP contribution is -2.30.